The van der Waals surface area contributed by atoms with Crippen molar-refractivity contribution in [2.24, 2.45) is 5.92 Å². The molecule has 0 atom stereocenters. The number of carbonyl (C=O) groups excluding carboxylic acids is 1. The summed E-state index contributed by atoms with van der Waals surface area (Å²) in [7, 11) is 0. The van der Waals surface area contributed by atoms with E-state index in [0.717, 1.165) is 42.6 Å². The smallest absolute Gasteiger partial charge is 0.407 e. The van der Waals surface area contributed by atoms with Gasteiger partial charge in [0.25, 0.3) is 0 Å². The van der Waals surface area contributed by atoms with Crippen LogP contribution in [0.3, 0.4) is 0 Å². The van der Waals surface area contributed by atoms with E-state index < -0.39 is 5.60 Å². The average Bonchev–Trinajstić information content (AvgIpc) is 2.46. The van der Waals surface area contributed by atoms with Gasteiger partial charge in [0, 0.05) is 12.6 Å². The van der Waals surface area contributed by atoms with Crippen LogP contribution in [0.4, 0.5) is 10.6 Å². The fourth-order valence-corrected chi connectivity index (χ4v) is 2.84. The molecule has 0 spiro atoms. The van der Waals surface area contributed by atoms with Crippen molar-refractivity contribution in [1.29, 1.82) is 0 Å². The lowest BCUT2D eigenvalue weighted by molar-refractivity contribution is 0.0488. The summed E-state index contributed by atoms with van der Waals surface area (Å²) in [5, 5.41) is 6.29. The molecule has 2 N–H and O–H groups in total. The van der Waals surface area contributed by atoms with Crippen LogP contribution in [0.1, 0.15) is 46.5 Å². The van der Waals surface area contributed by atoms with Crippen molar-refractivity contribution in [2.45, 2.75) is 58.1 Å². The van der Waals surface area contributed by atoms with Crippen LogP contribution in [0.25, 0.3) is 0 Å². The van der Waals surface area contributed by atoms with Gasteiger partial charge in [0.15, 0.2) is 0 Å². The molecule has 1 heterocycles. The van der Waals surface area contributed by atoms with Gasteiger partial charge in [-0.2, -0.15) is 0 Å². The maximum absolute atomic E-state index is 11.8. The van der Waals surface area contributed by atoms with Crippen molar-refractivity contribution in [3.8, 4) is 0 Å². The van der Waals surface area contributed by atoms with Gasteiger partial charge in [0.2, 0.25) is 0 Å². The second kappa shape index (κ2) is 7.95. The zero-order valence-corrected chi connectivity index (χ0v) is 15.5. The van der Waals surface area contributed by atoms with E-state index >= 15 is 0 Å². The summed E-state index contributed by atoms with van der Waals surface area (Å²) in [5.41, 5.74) is -0.448. The minimum absolute atomic E-state index is 0.216. The molecule has 0 unspecified atom stereocenters. The van der Waals surface area contributed by atoms with Gasteiger partial charge in [-0.05, 0) is 68.3 Å². The van der Waals surface area contributed by atoms with E-state index in [4.69, 9.17) is 4.74 Å². The number of aromatic nitrogens is 2. The molecule has 0 saturated heterocycles. The fourth-order valence-electron chi connectivity index (χ4n) is 2.64. The largest absolute Gasteiger partial charge is 0.444 e. The second-order valence-electron chi connectivity index (χ2n) is 6.97. The number of hydrogen-bond donors (Lipinski definition) is 2. The van der Waals surface area contributed by atoms with Crippen LogP contribution in [0, 0.1) is 5.92 Å². The number of amides is 1. The number of rotatable bonds is 4. The molecule has 7 heteroatoms. The SMILES string of the molecule is CC(C)(C)OC(=O)N[C@H]1CC[C@H](CNc2cnc(Br)cn2)CC1. The molecule has 1 aliphatic rings. The Morgan fingerprint density at radius 3 is 2.52 bits per heavy atom. The summed E-state index contributed by atoms with van der Waals surface area (Å²) >= 11 is 3.27. The first-order valence-electron chi connectivity index (χ1n) is 8.03. The van der Waals surface area contributed by atoms with Crippen LogP contribution in [0.15, 0.2) is 17.0 Å². The summed E-state index contributed by atoms with van der Waals surface area (Å²) in [4.78, 5) is 20.2. The highest BCUT2D eigenvalue weighted by Gasteiger charge is 2.24. The van der Waals surface area contributed by atoms with E-state index in [-0.39, 0.29) is 12.1 Å². The lowest BCUT2D eigenvalue weighted by Gasteiger charge is -2.30. The zero-order chi connectivity index (χ0) is 16.9. The Morgan fingerprint density at radius 2 is 1.96 bits per heavy atom. The van der Waals surface area contributed by atoms with E-state index in [1.165, 1.54) is 0 Å². The second-order valence-corrected chi connectivity index (χ2v) is 7.78. The van der Waals surface area contributed by atoms with Crippen LogP contribution < -0.4 is 10.6 Å². The molecule has 0 radical (unpaired) electrons. The third kappa shape index (κ3) is 6.72. The fraction of sp³-hybridized carbons (Fsp3) is 0.688. The van der Waals surface area contributed by atoms with Gasteiger partial charge < -0.3 is 15.4 Å². The van der Waals surface area contributed by atoms with Gasteiger partial charge in [0.1, 0.15) is 16.0 Å². The monoisotopic (exact) mass is 384 g/mol. The Morgan fingerprint density at radius 1 is 1.26 bits per heavy atom. The number of ether oxygens (including phenoxy) is 1. The zero-order valence-electron chi connectivity index (χ0n) is 13.9. The van der Waals surface area contributed by atoms with Crippen LogP contribution in [0.2, 0.25) is 0 Å². The average molecular weight is 385 g/mol. The Kier molecular flexibility index (Phi) is 6.21. The molecule has 1 aliphatic carbocycles. The first kappa shape index (κ1) is 18.0. The van der Waals surface area contributed by atoms with Crippen molar-refractivity contribution in [3.05, 3.63) is 17.0 Å². The van der Waals surface area contributed by atoms with E-state index in [9.17, 15) is 4.79 Å². The third-order valence-corrected chi connectivity index (χ3v) is 4.17. The Labute approximate surface area is 145 Å². The van der Waals surface area contributed by atoms with Crippen molar-refractivity contribution in [2.75, 3.05) is 11.9 Å². The predicted molar refractivity (Wildman–Crippen MR) is 93.3 cm³/mol. The first-order chi connectivity index (χ1) is 10.8. The van der Waals surface area contributed by atoms with Gasteiger partial charge in [-0.25, -0.2) is 14.8 Å². The molecule has 1 aromatic heterocycles. The van der Waals surface area contributed by atoms with Crippen LogP contribution in [-0.2, 0) is 4.74 Å². The number of nitrogens with one attached hydrogen (secondary N) is 2. The molecular weight excluding hydrogens is 360 g/mol. The molecule has 128 valence electrons. The third-order valence-electron chi connectivity index (χ3n) is 3.76. The summed E-state index contributed by atoms with van der Waals surface area (Å²) in [6.45, 7) is 6.51. The highest BCUT2D eigenvalue weighted by Crippen LogP contribution is 2.25. The lowest BCUT2D eigenvalue weighted by atomic mass is 9.86. The van der Waals surface area contributed by atoms with Crippen molar-refractivity contribution >= 4 is 27.8 Å². The van der Waals surface area contributed by atoms with Crippen molar-refractivity contribution in [3.63, 3.8) is 0 Å². The predicted octanol–water partition coefficient (Wildman–Crippen LogP) is 3.73. The van der Waals surface area contributed by atoms with E-state index in [0.29, 0.717) is 5.92 Å². The van der Waals surface area contributed by atoms with Crippen LogP contribution >= 0.6 is 15.9 Å². The summed E-state index contributed by atoms with van der Waals surface area (Å²) in [5.74, 6) is 1.39. The highest BCUT2D eigenvalue weighted by molar-refractivity contribution is 9.10. The molecule has 1 aromatic rings. The van der Waals surface area contributed by atoms with Gasteiger partial charge in [-0.1, -0.05) is 0 Å². The molecule has 6 nitrogen and oxygen atoms in total. The molecule has 2 rings (SSSR count). The topological polar surface area (TPSA) is 76.1 Å². The molecule has 0 aromatic carbocycles. The minimum atomic E-state index is -0.448. The number of nitrogens with zero attached hydrogens (tertiary/aromatic N) is 2. The highest BCUT2D eigenvalue weighted by atomic mass is 79.9. The maximum atomic E-state index is 11.8. The van der Waals surface area contributed by atoms with Gasteiger partial charge in [-0.3, -0.25) is 0 Å². The number of anilines is 1. The number of halogens is 1. The molecule has 1 amide bonds. The Balaban J connectivity index is 1.67. The first-order valence-corrected chi connectivity index (χ1v) is 8.82. The van der Waals surface area contributed by atoms with Crippen molar-refractivity contribution in [1.82, 2.24) is 15.3 Å². The summed E-state index contributed by atoms with van der Waals surface area (Å²) < 4.78 is 6.03. The van der Waals surface area contributed by atoms with E-state index in [2.05, 4.69) is 36.5 Å². The number of carbonyl (C=O) groups is 1. The van der Waals surface area contributed by atoms with Gasteiger partial charge >= 0.3 is 6.09 Å². The molecule has 1 saturated carbocycles. The molecule has 1 fully saturated rings. The number of hydrogen-bond acceptors (Lipinski definition) is 5. The quantitative estimate of drug-likeness (QED) is 0.826. The van der Waals surface area contributed by atoms with Crippen LogP contribution in [-0.4, -0.2) is 34.2 Å². The molecule has 0 aliphatic heterocycles. The Hall–Kier alpha value is -1.37. The molecular formula is C16H25BrN4O2. The molecule has 23 heavy (non-hydrogen) atoms. The van der Waals surface area contributed by atoms with E-state index in [1.807, 2.05) is 20.8 Å². The van der Waals surface area contributed by atoms with Gasteiger partial charge in [0.05, 0.1) is 12.4 Å². The standard InChI is InChI=1S/C16H25BrN4O2/c1-16(2,3)23-15(22)21-12-6-4-11(5-7-12)8-19-14-10-18-13(17)9-20-14/h9-12H,4-8H2,1-3H3,(H,19,20)(H,21,22)/t11-,12-. The van der Waals surface area contributed by atoms with Gasteiger partial charge in [-0.15, -0.1) is 0 Å². The van der Waals surface area contributed by atoms with Crippen LogP contribution in [0.5, 0.6) is 0 Å². The normalized spacial score (nSPS) is 21.6. The maximum Gasteiger partial charge on any atom is 0.407 e. The van der Waals surface area contributed by atoms with E-state index in [1.54, 1.807) is 12.4 Å². The summed E-state index contributed by atoms with van der Waals surface area (Å²) in [6.07, 6.45) is 7.22. The lowest BCUT2D eigenvalue weighted by Crippen LogP contribution is -2.41. The molecule has 0 bridgehead atoms. The number of alkyl carbamates (subject to hydrolysis) is 1. The van der Waals surface area contributed by atoms with Crippen molar-refractivity contribution < 1.29 is 9.53 Å². The minimum Gasteiger partial charge on any atom is -0.444 e. The Bertz CT molecular complexity index is 508. The summed E-state index contributed by atoms with van der Waals surface area (Å²) in [6, 6.07) is 0.216.